The van der Waals surface area contributed by atoms with E-state index in [0.29, 0.717) is 19.4 Å². The topological polar surface area (TPSA) is 122 Å². The Morgan fingerprint density at radius 1 is 1.00 bits per heavy atom. The van der Waals surface area contributed by atoms with Crippen LogP contribution in [0.4, 0.5) is 0 Å². The van der Waals surface area contributed by atoms with E-state index in [-0.39, 0.29) is 23.5 Å². The summed E-state index contributed by atoms with van der Waals surface area (Å²) in [4.78, 5) is 29.8. The van der Waals surface area contributed by atoms with Gasteiger partial charge < -0.3 is 15.6 Å². The molecule has 7 nitrogen and oxygen atoms in total. The second-order valence-corrected chi connectivity index (χ2v) is 11.9. The van der Waals surface area contributed by atoms with Gasteiger partial charge in [-0.25, -0.2) is 0 Å². The lowest BCUT2D eigenvalue weighted by Gasteiger charge is -2.24. The van der Waals surface area contributed by atoms with Crippen molar-refractivity contribution in [1.29, 1.82) is 9.56 Å². The van der Waals surface area contributed by atoms with E-state index >= 15 is 0 Å². The molecule has 0 bridgehead atoms. The highest BCUT2D eigenvalue weighted by molar-refractivity contribution is 7.92. The smallest absolute Gasteiger partial charge is 0.243 e. The zero-order chi connectivity index (χ0) is 24.7. The predicted molar refractivity (Wildman–Crippen MR) is 139 cm³/mol. The highest BCUT2D eigenvalue weighted by Crippen LogP contribution is 2.20. The molecule has 1 heterocycles. The van der Waals surface area contributed by atoms with E-state index in [0.717, 1.165) is 22.0 Å². The molecule has 0 saturated heterocycles. The van der Waals surface area contributed by atoms with E-state index in [1.807, 2.05) is 74.6 Å². The van der Waals surface area contributed by atoms with Crippen LogP contribution in [0, 0.1) is 21.4 Å². The van der Waals surface area contributed by atoms with Gasteiger partial charge in [-0.1, -0.05) is 72.0 Å². The molecule has 0 saturated carbocycles. The number of rotatable bonds is 11. The number of benzene rings is 2. The standard InChI is InChI=1S/C26H35N5O2S/c1-18(2)13-21(17-34(3,27)28)25(32)31-24(26(33)30-15-19-9-5-4-6-10-19)14-20-16-29-23-12-8-7-11-22(20)23/h4-12,16,18,21,24,27-29H,13-15,17H2,1-3H3,(H,30,33)(H,31,32)/t21-,24-/m0/s1. The Hall–Kier alpha value is -3.13. The fraction of sp³-hybridized carbons (Fsp3) is 0.385. The van der Waals surface area contributed by atoms with E-state index in [1.54, 1.807) is 6.26 Å². The van der Waals surface area contributed by atoms with Gasteiger partial charge in [-0.2, -0.15) is 0 Å². The Kier molecular flexibility index (Phi) is 8.50. The highest BCUT2D eigenvalue weighted by atomic mass is 32.2. The number of nitrogens with one attached hydrogen (secondary N) is 5. The van der Waals surface area contributed by atoms with Crippen molar-refractivity contribution in [2.24, 2.45) is 11.8 Å². The second kappa shape index (κ2) is 11.3. The summed E-state index contributed by atoms with van der Waals surface area (Å²) in [5, 5.41) is 6.95. The van der Waals surface area contributed by atoms with Gasteiger partial charge in [-0.15, -0.1) is 0 Å². The van der Waals surface area contributed by atoms with Gasteiger partial charge in [-0.05, 0) is 29.5 Å². The molecule has 3 rings (SSSR count). The maximum absolute atomic E-state index is 13.3. The maximum Gasteiger partial charge on any atom is 0.243 e. The molecule has 8 heteroatoms. The summed E-state index contributed by atoms with van der Waals surface area (Å²) in [6, 6.07) is 16.8. The maximum atomic E-state index is 13.3. The number of hydrogen-bond donors (Lipinski definition) is 5. The molecular formula is C26H35N5O2S. The molecule has 1 aromatic heterocycles. The van der Waals surface area contributed by atoms with Crippen molar-refractivity contribution in [1.82, 2.24) is 15.6 Å². The molecule has 0 aliphatic carbocycles. The number of H-pyrrole nitrogens is 1. The fourth-order valence-electron chi connectivity index (χ4n) is 4.15. The molecule has 5 N–H and O–H groups in total. The van der Waals surface area contributed by atoms with E-state index in [1.165, 1.54) is 0 Å². The minimum atomic E-state index is -2.36. The third-order valence-corrected chi connectivity index (χ3v) is 6.77. The third kappa shape index (κ3) is 7.45. The van der Waals surface area contributed by atoms with Gasteiger partial charge in [0, 0.05) is 48.0 Å². The zero-order valence-electron chi connectivity index (χ0n) is 20.1. The van der Waals surface area contributed by atoms with E-state index in [2.05, 4.69) is 15.6 Å². The third-order valence-electron chi connectivity index (χ3n) is 5.70. The normalized spacial score (nSPS) is 13.5. The molecule has 0 spiro atoms. The van der Waals surface area contributed by atoms with Crippen molar-refractivity contribution in [2.75, 3.05) is 12.0 Å². The van der Waals surface area contributed by atoms with Crippen LogP contribution < -0.4 is 10.6 Å². The number of para-hydroxylation sites is 1. The van der Waals surface area contributed by atoms with Crippen LogP contribution in [0.1, 0.15) is 31.4 Å². The lowest BCUT2D eigenvalue weighted by atomic mass is 9.97. The molecular weight excluding hydrogens is 446 g/mol. The molecule has 182 valence electrons. The number of carbonyl (C=O) groups is 2. The first-order chi connectivity index (χ1) is 16.1. The van der Waals surface area contributed by atoms with Crippen LogP contribution in [0.2, 0.25) is 0 Å². The van der Waals surface area contributed by atoms with Crippen LogP contribution in [0.25, 0.3) is 10.9 Å². The summed E-state index contributed by atoms with van der Waals surface area (Å²) in [7, 11) is -2.36. The lowest BCUT2D eigenvalue weighted by molar-refractivity contribution is -0.131. The molecule has 2 amide bonds. The van der Waals surface area contributed by atoms with Gasteiger partial charge in [0.25, 0.3) is 0 Å². The van der Waals surface area contributed by atoms with Crippen molar-refractivity contribution >= 4 is 32.3 Å². The van der Waals surface area contributed by atoms with Crippen molar-refractivity contribution in [3.8, 4) is 0 Å². The Morgan fingerprint density at radius 2 is 1.68 bits per heavy atom. The molecule has 0 aliphatic heterocycles. The first-order valence-electron chi connectivity index (χ1n) is 11.5. The van der Waals surface area contributed by atoms with E-state index < -0.39 is 21.6 Å². The van der Waals surface area contributed by atoms with Crippen molar-refractivity contribution in [3.63, 3.8) is 0 Å². The number of aromatic amines is 1. The van der Waals surface area contributed by atoms with Crippen LogP contribution in [-0.4, -0.2) is 34.8 Å². The zero-order valence-corrected chi connectivity index (χ0v) is 20.9. The summed E-state index contributed by atoms with van der Waals surface area (Å²) in [6.45, 7) is 4.42. The van der Waals surface area contributed by atoms with Gasteiger partial charge in [-0.3, -0.25) is 19.1 Å². The summed E-state index contributed by atoms with van der Waals surface area (Å²) < 4.78 is 16.1. The first kappa shape index (κ1) is 25.5. The summed E-state index contributed by atoms with van der Waals surface area (Å²) in [5.74, 6) is -0.536. The van der Waals surface area contributed by atoms with Crippen LogP contribution in [-0.2, 0) is 32.2 Å². The summed E-state index contributed by atoms with van der Waals surface area (Å²) in [6.07, 6.45) is 4.38. The van der Waals surface area contributed by atoms with Crippen LogP contribution in [0.15, 0.2) is 60.8 Å². The molecule has 3 aromatic rings. The number of fused-ring (bicyclic) bond motifs is 1. The average Bonchev–Trinajstić information content (AvgIpc) is 3.19. The molecule has 2 atom stereocenters. The lowest BCUT2D eigenvalue weighted by Crippen LogP contribution is -2.50. The van der Waals surface area contributed by atoms with E-state index in [9.17, 15) is 9.59 Å². The van der Waals surface area contributed by atoms with E-state index in [4.69, 9.17) is 9.56 Å². The number of aromatic nitrogens is 1. The Morgan fingerprint density at radius 3 is 2.35 bits per heavy atom. The Labute approximate surface area is 202 Å². The predicted octanol–water partition coefficient (Wildman–Crippen LogP) is 4.48. The molecule has 34 heavy (non-hydrogen) atoms. The minimum absolute atomic E-state index is 0.197. The number of amides is 2. The number of hydrogen-bond acceptors (Lipinski definition) is 4. The SMILES string of the molecule is CC(C)C[C@@H](CS(C)(=N)=N)C(=O)N[C@@H](Cc1c[nH]c2ccccc12)C(=O)NCc1ccccc1. The second-order valence-electron chi connectivity index (χ2n) is 9.41. The minimum Gasteiger partial charge on any atom is -0.361 e. The van der Waals surface area contributed by atoms with Gasteiger partial charge in [0.05, 0.1) is 0 Å². The Bertz CT molecular complexity index is 1220. The molecule has 2 aromatic carbocycles. The first-order valence-corrected chi connectivity index (χ1v) is 13.8. The average molecular weight is 482 g/mol. The van der Waals surface area contributed by atoms with Gasteiger partial charge in [0.15, 0.2) is 0 Å². The summed E-state index contributed by atoms with van der Waals surface area (Å²) in [5.41, 5.74) is 2.91. The Balaban J connectivity index is 1.82. The number of carbonyl (C=O) groups excluding carboxylic acids is 2. The fourth-order valence-corrected chi connectivity index (χ4v) is 5.24. The monoisotopic (exact) mass is 481 g/mol. The molecule has 0 unspecified atom stereocenters. The van der Waals surface area contributed by atoms with Crippen molar-refractivity contribution in [3.05, 3.63) is 71.9 Å². The summed E-state index contributed by atoms with van der Waals surface area (Å²) >= 11 is 0. The molecule has 0 aliphatic rings. The van der Waals surface area contributed by atoms with Gasteiger partial charge >= 0.3 is 0 Å². The van der Waals surface area contributed by atoms with Crippen LogP contribution in [0.5, 0.6) is 0 Å². The quantitative estimate of drug-likeness (QED) is 0.277. The molecule has 0 fully saturated rings. The van der Waals surface area contributed by atoms with Crippen LogP contribution >= 0.6 is 0 Å². The van der Waals surface area contributed by atoms with Crippen LogP contribution in [0.3, 0.4) is 0 Å². The highest BCUT2D eigenvalue weighted by Gasteiger charge is 2.28. The molecule has 0 radical (unpaired) electrons. The van der Waals surface area contributed by atoms with Gasteiger partial charge in [0.2, 0.25) is 11.8 Å². The van der Waals surface area contributed by atoms with Gasteiger partial charge in [0.1, 0.15) is 6.04 Å². The van der Waals surface area contributed by atoms with Crippen molar-refractivity contribution in [2.45, 2.75) is 39.3 Å². The largest absolute Gasteiger partial charge is 0.361 e. The van der Waals surface area contributed by atoms with Crippen molar-refractivity contribution < 1.29 is 9.59 Å².